The lowest BCUT2D eigenvalue weighted by atomic mass is 10.1. The van der Waals surface area contributed by atoms with Crippen LogP contribution in [0.2, 0.25) is 5.02 Å². The number of esters is 1. The van der Waals surface area contributed by atoms with Crippen LogP contribution in [0.1, 0.15) is 12.5 Å². The average molecular weight is 394 g/mol. The van der Waals surface area contributed by atoms with Gasteiger partial charge in [-0.05, 0) is 36.8 Å². The first kappa shape index (κ1) is 19.1. The van der Waals surface area contributed by atoms with Gasteiger partial charge in [0.1, 0.15) is 3.74 Å². The third kappa shape index (κ3) is 4.65. The summed E-state index contributed by atoms with van der Waals surface area (Å²) in [6.45, 7) is 1.73. The van der Waals surface area contributed by atoms with E-state index in [1.807, 2.05) is 0 Å². The zero-order valence-corrected chi connectivity index (χ0v) is 14.7. The number of halogens is 2. The maximum atomic E-state index is 11.9. The van der Waals surface area contributed by atoms with Gasteiger partial charge in [-0.25, -0.2) is 4.79 Å². The summed E-state index contributed by atoms with van der Waals surface area (Å²) in [5.74, 6) is -0.734. The normalized spacial score (nSPS) is 18.1. The minimum atomic E-state index is -4.76. The van der Waals surface area contributed by atoms with E-state index in [9.17, 15) is 18.8 Å². The molecule has 10 heteroatoms. The second kappa shape index (κ2) is 7.77. The second-order valence-corrected chi connectivity index (χ2v) is 7.53. The molecule has 0 saturated carbocycles. The highest BCUT2D eigenvalue weighted by Gasteiger charge is 2.33. The summed E-state index contributed by atoms with van der Waals surface area (Å²) >= 11 is 5.82. The number of carbonyl (C=O) groups excluding carboxylic acids is 1. The minimum Gasteiger partial charge on any atom is -0.462 e. The van der Waals surface area contributed by atoms with Crippen LogP contribution in [0.3, 0.4) is 0 Å². The Bertz CT molecular complexity index is 737. The molecule has 0 spiro atoms. The van der Waals surface area contributed by atoms with Gasteiger partial charge in [-0.1, -0.05) is 23.7 Å². The zero-order chi connectivity index (χ0) is 17.9. The van der Waals surface area contributed by atoms with E-state index in [1.54, 1.807) is 31.2 Å². The van der Waals surface area contributed by atoms with Gasteiger partial charge in [0.15, 0.2) is 10.8 Å². The molecule has 1 aliphatic heterocycles. The highest BCUT2D eigenvalue weighted by Crippen LogP contribution is 2.41. The molecule has 2 rings (SSSR count). The smallest absolute Gasteiger partial charge is 0.340 e. The van der Waals surface area contributed by atoms with Gasteiger partial charge >= 0.3 is 5.97 Å². The summed E-state index contributed by atoms with van der Waals surface area (Å²) in [5.41, 5.74) is 6.37. The predicted molar refractivity (Wildman–Crippen MR) is 82.0 cm³/mol. The zero-order valence-electron chi connectivity index (χ0n) is 12.4. The third-order valence-electron chi connectivity index (χ3n) is 2.83. The van der Waals surface area contributed by atoms with Crippen LogP contribution in [0.25, 0.3) is 4.91 Å². The van der Waals surface area contributed by atoms with Gasteiger partial charge < -0.3 is 4.74 Å². The fourth-order valence-corrected chi connectivity index (χ4v) is 4.28. The van der Waals surface area contributed by atoms with Gasteiger partial charge in [0.2, 0.25) is 0 Å². The van der Waals surface area contributed by atoms with Gasteiger partial charge in [-0.15, -0.1) is 0 Å². The molecule has 1 aromatic rings. The van der Waals surface area contributed by atoms with Crippen molar-refractivity contribution in [3.8, 4) is 0 Å². The molecule has 130 valence electrons. The molecule has 0 amide bonds. The fraction of sp³-hybridized carbons (Fsp3) is 0.143. The van der Waals surface area contributed by atoms with E-state index >= 15 is 0 Å². The van der Waals surface area contributed by atoms with E-state index < -0.39 is 27.0 Å². The molecule has 0 aromatic heterocycles. The Morgan fingerprint density at radius 3 is 2.42 bits per heavy atom. The first-order valence-corrected chi connectivity index (χ1v) is 9.32. The minimum absolute atomic E-state index is 0.0586. The van der Waals surface area contributed by atoms with Gasteiger partial charge in [-0.3, -0.25) is 5.73 Å². The molecular weight excluding hydrogens is 381 g/mol. The Hall–Kier alpha value is -1.23. The summed E-state index contributed by atoms with van der Waals surface area (Å²) in [7, 11) is -6.54. The maximum absolute atomic E-state index is 11.9. The summed E-state index contributed by atoms with van der Waals surface area (Å²) in [6, 6.07) is 6.40. The summed E-state index contributed by atoms with van der Waals surface area (Å²) in [4.78, 5) is 12.0. The van der Waals surface area contributed by atoms with E-state index in [0.29, 0.717) is 15.5 Å². The third-order valence-corrected chi connectivity index (χ3v) is 5.59. The van der Waals surface area contributed by atoms with Crippen LogP contribution in [0.15, 0.2) is 42.0 Å². The number of carbonyl (C=O) groups is 1. The van der Waals surface area contributed by atoms with Crippen molar-refractivity contribution in [3.63, 3.8) is 0 Å². The Morgan fingerprint density at radius 2 is 1.88 bits per heavy atom. The number of rotatable bonds is 5. The molecule has 0 bridgehead atoms. The number of nitrogens with two attached hydrogens (primary N) is 1. The highest BCUT2D eigenvalue weighted by molar-refractivity contribution is 8.20. The number of benzene rings is 1. The topological polar surface area (TPSA) is 131 Å². The molecule has 24 heavy (non-hydrogen) atoms. The number of allylic oxidation sites excluding steroid dienone is 2. The van der Waals surface area contributed by atoms with E-state index in [1.165, 1.54) is 12.2 Å². The number of hydrogen-bond acceptors (Lipinski definition) is 7. The van der Waals surface area contributed by atoms with Crippen LogP contribution in [0.5, 0.6) is 0 Å². The van der Waals surface area contributed by atoms with Gasteiger partial charge in [-0.2, -0.15) is 14.0 Å². The monoisotopic (exact) mass is 393 g/mol. The molecule has 1 heterocycles. The van der Waals surface area contributed by atoms with Crippen molar-refractivity contribution in [1.82, 2.24) is 0 Å². The first-order valence-electron chi connectivity index (χ1n) is 6.56. The quantitative estimate of drug-likeness (QED) is 0.520. The van der Waals surface area contributed by atoms with E-state index in [2.05, 4.69) is 3.74 Å². The standard InChI is InChI=1S/C14H13Cl2NO6S/c1-2-22-14(18)11-7-8-12(9-3-5-10(15)6-4-9)24(13(11)17)23-16(19,20)21/h3-8H,2,17H2,1H3. The van der Waals surface area contributed by atoms with E-state index in [4.69, 9.17) is 22.1 Å². The van der Waals surface area contributed by atoms with Gasteiger partial charge in [0.25, 0.3) is 0 Å². The molecule has 0 saturated heterocycles. The van der Waals surface area contributed by atoms with Gasteiger partial charge in [0, 0.05) is 5.02 Å². The van der Waals surface area contributed by atoms with Crippen molar-refractivity contribution in [2.24, 2.45) is 5.73 Å². The van der Waals surface area contributed by atoms with Crippen molar-refractivity contribution < 1.29 is 37.5 Å². The SMILES string of the molecule is CCOC(=O)C1=CC=C(c2ccc(Cl)cc2)S(O[Cl+3]([O-])([O-])[O-])=C1N. The molecule has 1 aliphatic rings. The molecule has 1 aromatic carbocycles. The van der Waals surface area contributed by atoms with E-state index in [-0.39, 0.29) is 17.2 Å². The number of hydrogen-bond donors (Lipinski definition) is 1. The molecule has 1 atom stereocenters. The molecule has 7 nitrogen and oxygen atoms in total. The summed E-state index contributed by atoms with van der Waals surface area (Å²) in [6.07, 6.45) is 2.84. The van der Waals surface area contributed by atoms with Gasteiger partial charge in [0.05, 0.1) is 32.3 Å². The van der Waals surface area contributed by atoms with Crippen molar-refractivity contribution in [1.29, 1.82) is 0 Å². The largest absolute Gasteiger partial charge is 0.462 e. The van der Waals surface area contributed by atoms with E-state index in [0.717, 1.165) is 0 Å². The lowest BCUT2D eigenvalue weighted by Crippen LogP contribution is -2.60. The Balaban J connectivity index is 2.52. The van der Waals surface area contributed by atoms with Crippen molar-refractivity contribution >= 4 is 38.2 Å². The van der Waals surface area contributed by atoms with Crippen LogP contribution in [0.4, 0.5) is 0 Å². The molecular formula is C14H13Cl2NO6S. The average Bonchev–Trinajstić information content (AvgIpc) is 2.49. The second-order valence-electron chi connectivity index (χ2n) is 4.41. The van der Waals surface area contributed by atoms with Crippen LogP contribution in [-0.2, 0) is 13.3 Å². The van der Waals surface area contributed by atoms with Crippen LogP contribution < -0.4 is 19.7 Å². The fourth-order valence-electron chi connectivity index (χ4n) is 1.86. The Morgan fingerprint density at radius 1 is 1.25 bits per heavy atom. The molecule has 0 aliphatic carbocycles. The lowest BCUT2D eigenvalue weighted by molar-refractivity contribution is -1.91. The molecule has 1 unspecified atom stereocenters. The first-order chi connectivity index (χ1) is 11.2. The number of ether oxygens (including phenoxy) is 1. The molecule has 2 N–H and O–H groups in total. The lowest BCUT2D eigenvalue weighted by Gasteiger charge is -2.20. The van der Waals surface area contributed by atoms with Crippen LogP contribution in [-0.4, -0.2) is 17.6 Å². The predicted octanol–water partition coefficient (Wildman–Crippen LogP) is -0.630. The Kier molecular flexibility index (Phi) is 6.18. The van der Waals surface area contributed by atoms with Crippen molar-refractivity contribution in [3.05, 3.63) is 52.6 Å². The highest BCUT2D eigenvalue weighted by atomic mass is 35.7. The molecule has 0 fully saturated rings. The summed E-state index contributed by atoms with van der Waals surface area (Å²) < 4.78 is 42.5. The van der Waals surface area contributed by atoms with Crippen LogP contribution in [0, 0.1) is 10.2 Å². The van der Waals surface area contributed by atoms with Crippen molar-refractivity contribution in [2.75, 3.05) is 6.61 Å². The van der Waals surface area contributed by atoms with Crippen LogP contribution >= 0.6 is 22.4 Å². The Labute approximate surface area is 147 Å². The van der Waals surface area contributed by atoms with Crippen molar-refractivity contribution in [2.45, 2.75) is 6.92 Å². The maximum Gasteiger partial charge on any atom is 0.340 e. The molecule has 0 radical (unpaired) electrons. The summed E-state index contributed by atoms with van der Waals surface area (Å²) in [5, 5.41) is 0.477.